The Bertz CT molecular complexity index is 379. The molecule has 1 aromatic rings. The van der Waals surface area contributed by atoms with Crippen LogP contribution in [-0.4, -0.2) is 32.4 Å². The van der Waals surface area contributed by atoms with E-state index in [0.717, 1.165) is 17.7 Å². The van der Waals surface area contributed by atoms with E-state index < -0.39 is 0 Å². The Hall–Kier alpha value is -1.39. The minimum absolute atomic E-state index is 0.178. The van der Waals surface area contributed by atoms with E-state index in [2.05, 4.69) is 0 Å². The topological polar surface area (TPSA) is 44.8 Å². The Morgan fingerprint density at radius 3 is 2.56 bits per heavy atom. The molecule has 0 bridgehead atoms. The summed E-state index contributed by atoms with van der Waals surface area (Å²) in [6, 6.07) is 7.77. The van der Waals surface area contributed by atoms with Gasteiger partial charge in [0.25, 0.3) is 0 Å². The number of aryl methyl sites for hydroxylation is 1. The van der Waals surface area contributed by atoms with Crippen LogP contribution in [0.15, 0.2) is 24.3 Å². The maximum Gasteiger partial charge on any atom is 0.164 e. The maximum atomic E-state index is 11.7. The van der Waals surface area contributed by atoms with Crippen molar-refractivity contribution >= 4 is 5.78 Å². The van der Waals surface area contributed by atoms with Crippen molar-refractivity contribution < 1.29 is 19.0 Å². The molecule has 0 radical (unpaired) electrons. The number of benzene rings is 1. The van der Waals surface area contributed by atoms with Crippen LogP contribution in [0.1, 0.15) is 18.4 Å². The monoisotopic (exact) mass is 250 g/mol. The van der Waals surface area contributed by atoms with Gasteiger partial charge >= 0.3 is 0 Å². The second kappa shape index (κ2) is 6.52. The Morgan fingerprint density at radius 1 is 1.28 bits per heavy atom. The van der Waals surface area contributed by atoms with Crippen molar-refractivity contribution in [2.75, 3.05) is 20.3 Å². The van der Waals surface area contributed by atoms with Gasteiger partial charge in [0.15, 0.2) is 6.29 Å². The van der Waals surface area contributed by atoms with E-state index in [0.29, 0.717) is 26.1 Å². The van der Waals surface area contributed by atoms with E-state index in [1.807, 2.05) is 24.3 Å². The lowest BCUT2D eigenvalue weighted by molar-refractivity contribution is -0.127. The fourth-order valence-corrected chi connectivity index (χ4v) is 1.89. The molecule has 0 aliphatic carbocycles. The zero-order chi connectivity index (χ0) is 12.8. The molecule has 1 heterocycles. The van der Waals surface area contributed by atoms with E-state index in [1.165, 1.54) is 0 Å². The van der Waals surface area contributed by atoms with Crippen LogP contribution < -0.4 is 4.74 Å². The molecule has 4 nitrogen and oxygen atoms in total. The predicted octanol–water partition coefficient (Wildman–Crippen LogP) is 1.96. The first-order valence-electron chi connectivity index (χ1n) is 6.16. The molecule has 0 aromatic heterocycles. The van der Waals surface area contributed by atoms with Crippen molar-refractivity contribution in [2.24, 2.45) is 0 Å². The summed E-state index contributed by atoms with van der Waals surface area (Å²) in [5.74, 6) is 1.01. The molecule has 1 aliphatic rings. The third-order valence-electron chi connectivity index (χ3n) is 2.94. The van der Waals surface area contributed by atoms with Crippen LogP contribution in [0.2, 0.25) is 0 Å². The smallest absolute Gasteiger partial charge is 0.164 e. The molecule has 1 fully saturated rings. The second-order valence-electron chi connectivity index (χ2n) is 4.26. The minimum Gasteiger partial charge on any atom is -0.497 e. The van der Waals surface area contributed by atoms with Gasteiger partial charge in [0.1, 0.15) is 11.5 Å². The summed E-state index contributed by atoms with van der Waals surface area (Å²) >= 11 is 0. The zero-order valence-electron chi connectivity index (χ0n) is 10.6. The largest absolute Gasteiger partial charge is 0.497 e. The van der Waals surface area contributed by atoms with Crippen molar-refractivity contribution in [2.45, 2.75) is 25.6 Å². The molecule has 0 saturated carbocycles. The Labute approximate surface area is 107 Å². The highest BCUT2D eigenvalue weighted by atomic mass is 16.7. The normalized spacial score (nSPS) is 15.8. The highest BCUT2D eigenvalue weighted by molar-refractivity contribution is 5.79. The van der Waals surface area contributed by atoms with Gasteiger partial charge in [0.05, 0.1) is 26.7 Å². The summed E-state index contributed by atoms with van der Waals surface area (Å²) < 4.78 is 15.6. The summed E-state index contributed by atoms with van der Waals surface area (Å²) in [7, 11) is 1.64. The van der Waals surface area contributed by atoms with Crippen LogP contribution >= 0.6 is 0 Å². The molecule has 0 spiro atoms. The molecule has 0 atom stereocenters. The van der Waals surface area contributed by atoms with Gasteiger partial charge in [0.2, 0.25) is 0 Å². The average molecular weight is 250 g/mol. The predicted molar refractivity (Wildman–Crippen MR) is 66.6 cm³/mol. The van der Waals surface area contributed by atoms with Crippen molar-refractivity contribution in [3.63, 3.8) is 0 Å². The number of carbonyl (C=O) groups is 1. The molecule has 0 amide bonds. The lowest BCUT2D eigenvalue weighted by Crippen LogP contribution is -2.14. The fourth-order valence-electron chi connectivity index (χ4n) is 1.89. The number of rotatable bonds is 6. The summed E-state index contributed by atoms with van der Waals surface area (Å²) in [5, 5.41) is 0. The summed E-state index contributed by atoms with van der Waals surface area (Å²) in [6.45, 7) is 1.19. The lowest BCUT2D eigenvalue weighted by Gasteiger charge is -2.08. The van der Waals surface area contributed by atoms with Crippen LogP contribution in [0.25, 0.3) is 0 Å². The number of ketones is 1. The SMILES string of the molecule is COc1ccc(CCC(=O)CC2OCCO2)cc1. The van der Waals surface area contributed by atoms with Gasteiger partial charge in [-0.15, -0.1) is 0 Å². The first-order chi connectivity index (χ1) is 8.78. The van der Waals surface area contributed by atoms with Crippen LogP contribution in [0, 0.1) is 0 Å². The molecule has 4 heteroatoms. The standard InChI is InChI=1S/C14H18O4/c1-16-13-6-3-11(4-7-13)2-5-12(15)10-14-17-8-9-18-14/h3-4,6-7,14H,2,5,8-10H2,1H3. The van der Waals surface area contributed by atoms with E-state index in [1.54, 1.807) is 7.11 Å². The molecular formula is C14H18O4. The first-order valence-corrected chi connectivity index (χ1v) is 6.16. The van der Waals surface area contributed by atoms with E-state index in [4.69, 9.17) is 14.2 Å². The molecule has 2 rings (SSSR count). The maximum absolute atomic E-state index is 11.7. The van der Waals surface area contributed by atoms with Gasteiger partial charge in [-0.05, 0) is 24.1 Å². The lowest BCUT2D eigenvalue weighted by atomic mass is 10.1. The number of Topliss-reactive ketones (excluding diaryl/α,β-unsaturated/α-hetero) is 1. The van der Waals surface area contributed by atoms with E-state index in [9.17, 15) is 4.79 Å². The van der Waals surface area contributed by atoms with Crippen LogP contribution in [-0.2, 0) is 20.7 Å². The summed E-state index contributed by atoms with van der Waals surface area (Å²) in [6.07, 6.45) is 1.30. The number of methoxy groups -OCH3 is 1. The number of ether oxygens (including phenoxy) is 3. The Balaban J connectivity index is 1.74. The molecule has 0 unspecified atom stereocenters. The molecule has 1 saturated heterocycles. The van der Waals surface area contributed by atoms with Crippen LogP contribution in [0.4, 0.5) is 0 Å². The fraction of sp³-hybridized carbons (Fsp3) is 0.500. The number of hydrogen-bond donors (Lipinski definition) is 0. The number of hydrogen-bond acceptors (Lipinski definition) is 4. The van der Waals surface area contributed by atoms with Crippen molar-refractivity contribution in [1.82, 2.24) is 0 Å². The van der Waals surface area contributed by atoms with Crippen molar-refractivity contribution in [3.8, 4) is 5.75 Å². The second-order valence-corrected chi connectivity index (χ2v) is 4.26. The third-order valence-corrected chi connectivity index (χ3v) is 2.94. The molecule has 98 valence electrons. The zero-order valence-corrected chi connectivity index (χ0v) is 10.6. The number of carbonyl (C=O) groups excluding carboxylic acids is 1. The minimum atomic E-state index is -0.326. The van der Waals surface area contributed by atoms with Crippen LogP contribution in [0.5, 0.6) is 5.75 Å². The van der Waals surface area contributed by atoms with Gasteiger partial charge in [-0.25, -0.2) is 0 Å². The Morgan fingerprint density at radius 2 is 1.94 bits per heavy atom. The quantitative estimate of drug-likeness (QED) is 0.774. The molecule has 18 heavy (non-hydrogen) atoms. The first kappa shape index (κ1) is 13.1. The average Bonchev–Trinajstić information content (AvgIpc) is 2.90. The van der Waals surface area contributed by atoms with Crippen LogP contribution in [0.3, 0.4) is 0 Å². The van der Waals surface area contributed by atoms with Gasteiger partial charge in [-0.2, -0.15) is 0 Å². The van der Waals surface area contributed by atoms with Gasteiger partial charge in [-0.3, -0.25) is 4.79 Å². The molecular weight excluding hydrogens is 232 g/mol. The highest BCUT2D eigenvalue weighted by Crippen LogP contribution is 2.14. The van der Waals surface area contributed by atoms with Gasteiger partial charge in [0, 0.05) is 6.42 Å². The van der Waals surface area contributed by atoms with Crippen molar-refractivity contribution in [1.29, 1.82) is 0 Å². The molecule has 1 aliphatic heterocycles. The molecule has 1 aromatic carbocycles. The summed E-state index contributed by atoms with van der Waals surface area (Å²) in [5.41, 5.74) is 1.14. The highest BCUT2D eigenvalue weighted by Gasteiger charge is 2.19. The van der Waals surface area contributed by atoms with E-state index >= 15 is 0 Å². The summed E-state index contributed by atoms with van der Waals surface area (Å²) in [4.78, 5) is 11.7. The third kappa shape index (κ3) is 3.82. The van der Waals surface area contributed by atoms with Gasteiger partial charge in [-0.1, -0.05) is 12.1 Å². The Kier molecular flexibility index (Phi) is 4.73. The molecule has 0 N–H and O–H groups in total. The van der Waals surface area contributed by atoms with E-state index in [-0.39, 0.29) is 12.1 Å². The van der Waals surface area contributed by atoms with Gasteiger partial charge < -0.3 is 14.2 Å². The van der Waals surface area contributed by atoms with Crippen molar-refractivity contribution in [3.05, 3.63) is 29.8 Å².